The lowest BCUT2D eigenvalue weighted by Gasteiger charge is -2.24. The third kappa shape index (κ3) is 4.34. The summed E-state index contributed by atoms with van der Waals surface area (Å²) in [6, 6.07) is 2.73. The molecule has 1 aliphatic heterocycles. The Morgan fingerprint density at radius 2 is 2.09 bits per heavy atom. The Hall–Kier alpha value is -1.31. The molecule has 8 heteroatoms. The highest BCUT2D eigenvalue weighted by molar-refractivity contribution is 7.17. The van der Waals surface area contributed by atoms with E-state index in [1.54, 1.807) is 32.9 Å². The molecule has 22 heavy (non-hydrogen) atoms. The second kappa shape index (κ2) is 6.44. The van der Waals surface area contributed by atoms with Gasteiger partial charge in [0.2, 0.25) is 0 Å². The molecule has 0 saturated carbocycles. The van der Waals surface area contributed by atoms with Crippen molar-refractivity contribution in [3.8, 4) is 0 Å². The number of carbonyl (C=O) groups excluding carboxylic acids is 2. The SMILES string of the molecule is CC(C)(C)OC(=O)N1CC(O)C(NC(=O)c2ccc(Cl)s2)C1. The fourth-order valence-electron chi connectivity index (χ4n) is 2.08. The van der Waals surface area contributed by atoms with Gasteiger partial charge in [-0.05, 0) is 32.9 Å². The van der Waals surface area contributed by atoms with Gasteiger partial charge >= 0.3 is 6.09 Å². The number of nitrogens with zero attached hydrogens (tertiary/aromatic N) is 1. The molecule has 0 aromatic carbocycles. The van der Waals surface area contributed by atoms with Crippen LogP contribution in [0.25, 0.3) is 0 Å². The van der Waals surface area contributed by atoms with Gasteiger partial charge in [-0.2, -0.15) is 0 Å². The topological polar surface area (TPSA) is 78.9 Å². The van der Waals surface area contributed by atoms with Gasteiger partial charge in [0.25, 0.3) is 5.91 Å². The van der Waals surface area contributed by atoms with Gasteiger partial charge in [-0.3, -0.25) is 4.79 Å². The lowest BCUT2D eigenvalue weighted by Crippen LogP contribution is -2.43. The van der Waals surface area contributed by atoms with E-state index in [0.29, 0.717) is 9.21 Å². The van der Waals surface area contributed by atoms with E-state index in [1.807, 2.05) is 0 Å². The minimum absolute atomic E-state index is 0.130. The second-order valence-corrected chi connectivity index (χ2v) is 7.85. The Morgan fingerprint density at radius 3 is 2.64 bits per heavy atom. The molecular weight excluding hydrogens is 328 g/mol. The molecule has 0 bridgehead atoms. The van der Waals surface area contributed by atoms with E-state index in [4.69, 9.17) is 16.3 Å². The number of nitrogens with one attached hydrogen (secondary N) is 1. The zero-order chi connectivity index (χ0) is 16.5. The first-order valence-electron chi connectivity index (χ1n) is 6.88. The fourth-order valence-corrected chi connectivity index (χ4v) is 3.03. The molecule has 2 N–H and O–H groups in total. The Kier molecular flexibility index (Phi) is 4.99. The predicted octanol–water partition coefficient (Wildman–Crippen LogP) is 2.11. The van der Waals surface area contributed by atoms with Gasteiger partial charge in [-0.25, -0.2) is 4.79 Å². The van der Waals surface area contributed by atoms with Crippen LogP contribution < -0.4 is 5.32 Å². The van der Waals surface area contributed by atoms with Gasteiger partial charge in [0.05, 0.1) is 27.9 Å². The first-order chi connectivity index (χ1) is 10.2. The van der Waals surface area contributed by atoms with Crippen LogP contribution in [-0.2, 0) is 4.74 Å². The van der Waals surface area contributed by atoms with Crippen LogP contribution in [0.4, 0.5) is 4.79 Å². The van der Waals surface area contributed by atoms with Gasteiger partial charge in [-0.1, -0.05) is 11.6 Å². The van der Waals surface area contributed by atoms with Crippen molar-refractivity contribution in [3.05, 3.63) is 21.3 Å². The molecule has 1 saturated heterocycles. The number of rotatable bonds is 2. The van der Waals surface area contributed by atoms with Gasteiger partial charge in [0.1, 0.15) is 5.60 Å². The average Bonchev–Trinajstić information content (AvgIpc) is 2.95. The number of hydrogen-bond acceptors (Lipinski definition) is 5. The van der Waals surface area contributed by atoms with Crippen molar-refractivity contribution in [2.24, 2.45) is 0 Å². The zero-order valence-corrected chi connectivity index (χ0v) is 14.2. The third-order valence-corrected chi connectivity index (χ3v) is 4.28. The number of aliphatic hydroxyl groups excluding tert-OH is 1. The van der Waals surface area contributed by atoms with Gasteiger partial charge < -0.3 is 20.1 Å². The summed E-state index contributed by atoms with van der Waals surface area (Å²) in [5.74, 6) is -0.313. The Labute approximate surface area is 138 Å². The Balaban J connectivity index is 1.94. The zero-order valence-electron chi connectivity index (χ0n) is 12.6. The van der Waals surface area contributed by atoms with Crippen LogP contribution >= 0.6 is 22.9 Å². The number of hydrogen-bond donors (Lipinski definition) is 2. The first kappa shape index (κ1) is 17.1. The normalized spacial score (nSPS) is 21.8. The predicted molar refractivity (Wildman–Crippen MR) is 84.4 cm³/mol. The van der Waals surface area contributed by atoms with E-state index in [1.165, 1.54) is 4.90 Å². The van der Waals surface area contributed by atoms with Crippen LogP contribution in [0.3, 0.4) is 0 Å². The highest BCUT2D eigenvalue weighted by atomic mass is 35.5. The molecule has 1 fully saturated rings. The molecule has 122 valence electrons. The van der Waals surface area contributed by atoms with Crippen molar-refractivity contribution >= 4 is 34.9 Å². The molecule has 2 amide bonds. The van der Waals surface area contributed by atoms with Crippen LogP contribution in [0.15, 0.2) is 12.1 Å². The van der Waals surface area contributed by atoms with Crippen LogP contribution in [0.1, 0.15) is 30.4 Å². The maximum atomic E-state index is 12.1. The molecule has 2 atom stereocenters. The lowest BCUT2D eigenvalue weighted by atomic mass is 10.2. The van der Waals surface area contributed by atoms with Crippen molar-refractivity contribution in [2.75, 3.05) is 13.1 Å². The smallest absolute Gasteiger partial charge is 0.410 e. The summed E-state index contributed by atoms with van der Waals surface area (Å²) in [5, 5.41) is 12.7. The molecule has 6 nitrogen and oxygen atoms in total. The number of aliphatic hydroxyl groups is 1. The molecule has 1 aromatic heterocycles. The summed E-state index contributed by atoms with van der Waals surface area (Å²) < 4.78 is 5.78. The lowest BCUT2D eigenvalue weighted by molar-refractivity contribution is 0.0269. The standard InChI is InChI=1S/C14H19ClN2O4S/c1-14(2,3)21-13(20)17-6-8(9(18)7-17)16-12(19)10-4-5-11(15)22-10/h4-5,8-9,18H,6-7H2,1-3H3,(H,16,19). The summed E-state index contributed by atoms with van der Waals surface area (Å²) in [6.07, 6.45) is -1.32. The van der Waals surface area contributed by atoms with E-state index in [9.17, 15) is 14.7 Å². The fraction of sp³-hybridized carbons (Fsp3) is 0.571. The highest BCUT2D eigenvalue weighted by Crippen LogP contribution is 2.22. The van der Waals surface area contributed by atoms with E-state index in [0.717, 1.165) is 11.3 Å². The molecule has 0 aliphatic carbocycles. The molecule has 2 rings (SSSR count). The molecule has 2 unspecified atom stereocenters. The van der Waals surface area contributed by atoms with E-state index in [-0.39, 0.29) is 19.0 Å². The van der Waals surface area contributed by atoms with Crippen molar-refractivity contribution in [1.82, 2.24) is 10.2 Å². The van der Waals surface area contributed by atoms with Gasteiger partial charge in [-0.15, -0.1) is 11.3 Å². The summed E-state index contributed by atoms with van der Waals surface area (Å²) in [7, 11) is 0. The number of β-amino-alcohol motifs (C(OH)–C–C–N with tert-alkyl or cyclic N) is 1. The highest BCUT2D eigenvalue weighted by Gasteiger charge is 2.37. The number of amides is 2. The second-order valence-electron chi connectivity index (χ2n) is 6.14. The van der Waals surface area contributed by atoms with E-state index in [2.05, 4.69) is 5.32 Å². The summed E-state index contributed by atoms with van der Waals surface area (Å²) in [4.78, 5) is 25.9. The first-order valence-corrected chi connectivity index (χ1v) is 8.07. The maximum absolute atomic E-state index is 12.1. The van der Waals surface area contributed by atoms with Crippen molar-refractivity contribution in [1.29, 1.82) is 0 Å². The van der Waals surface area contributed by atoms with Crippen molar-refractivity contribution < 1.29 is 19.4 Å². The van der Waals surface area contributed by atoms with E-state index < -0.39 is 23.8 Å². The number of ether oxygens (including phenoxy) is 1. The maximum Gasteiger partial charge on any atom is 0.410 e. The summed E-state index contributed by atoms with van der Waals surface area (Å²) in [5.41, 5.74) is -0.600. The van der Waals surface area contributed by atoms with Gasteiger partial charge in [0, 0.05) is 6.54 Å². The van der Waals surface area contributed by atoms with E-state index >= 15 is 0 Å². The average molecular weight is 347 g/mol. The number of likely N-dealkylation sites (tertiary alicyclic amines) is 1. The summed E-state index contributed by atoms with van der Waals surface area (Å²) >= 11 is 6.96. The Morgan fingerprint density at radius 1 is 1.41 bits per heavy atom. The molecular formula is C14H19ClN2O4S. The summed E-state index contributed by atoms with van der Waals surface area (Å²) in [6.45, 7) is 5.66. The molecule has 1 aliphatic rings. The molecule has 0 radical (unpaired) electrons. The van der Waals surface area contributed by atoms with Crippen LogP contribution in [0.5, 0.6) is 0 Å². The monoisotopic (exact) mass is 346 g/mol. The molecule has 1 aromatic rings. The minimum Gasteiger partial charge on any atom is -0.444 e. The van der Waals surface area contributed by atoms with Crippen LogP contribution in [-0.4, -0.2) is 52.8 Å². The van der Waals surface area contributed by atoms with Crippen molar-refractivity contribution in [2.45, 2.75) is 38.5 Å². The van der Waals surface area contributed by atoms with Crippen LogP contribution in [0, 0.1) is 0 Å². The number of carbonyl (C=O) groups is 2. The van der Waals surface area contributed by atoms with Crippen molar-refractivity contribution in [3.63, 3.8) is 0 Å². The quantitative estimate of drug-likeness (QED) is 0.859. The largest absolute Gasteiger partial charge is 0.444 e. The van der Waals surface area contributed by atoms with Crippen LogP contribution in [0.2, 0.25) is 4.34 Å². The third-order valence-electron chi connectivity index (χ3n) is 3.05. The minimum atomic E-state index is -0.827. The number of halogens is 1. The Bertz CT molecular complexity index is 569. The molecule has 2 heterocycles. The van der Waals surface area contributed by atoms with Gasteiger partial charge in [0.15, 0.2) is 0 Å². The number of thiophene rings is 1. The molecule has 0 spiro atoms.